The van der Waals surface area contributed by atoms with Gasteiger partial charge in [0.25, 0.3) is 5.89 Å². The summed E-state index contributed by atoms with van der Waals surface area (Å²) < 4.78 is 5.35. The van der Waals surface area contributed by atoms with Crippen LogP contribution < -0.4 is 0 Å². The first-order valence-corrected chi connectivity index (χ1v) is 8.87. The van der Waals surface area contributed by atoms with Crippen LogP contribution in [0, 0.1) is 6.92 Å². The van der Waals surface area contributed by atoms with Gasteiger partial charge in [-0.1, -0.05) is 67.5 Å². The highest BCUT2D eigenvalue weighted by Crippen LogP contribution is 2.21. The average molecular weight is 360 g/mol. The van der Waals surface area contributed by atoms with E-state index in [1.54, 1.807) is 0 Å². The third kappa shape index (κ3) is 3.62. The third-order valence-electron chi connectivity index (χ3n) is 4.42. The van der Waals surface area contributed by atoms with E-state index in [4.69, 9.17) is 4.52 Å². The second kappa shape index (κ2) is 7.11. The Morgan fingerprint density at radius 1 is 1.00 bits per heavy atom. The van der Waals surface area contributed by atoms with Gasteiger partial charge in [-0.05, 0) is 29.2 Å². The van der Waals surface area contributed by atoms with Crippen LogP contribution in [0.3, 0.4) is 0 Å². The predicted molar refractivity (Wildman–Crippen MR) is 101 cm³/mol. The molecule has 0 radical (unpaired) electrons. The van der Waals surface area contributed by atoms with E-state index >= 15 is 0 Å². The molecule has 0 atom stereocenters. The summed E-state index contributed by atoms with van der Waals surface area (Å²) >= 11 is 0. The fraction of sp³-hybridized carbons (Fsp3) is 0.250. The van der Waals surface area contributed by atoms with Crippen LogP contribution in [0.15, 0.2) is 53.1 Å². The summed E-state index contributed by atoms with van der Waals surface area (Å²) in [5.74, 6) is 2.06. The van der Waals surface area contributed by atoms with Gasteiger partial charge >= 0.3 is 0 Å². The summed E-state index contributed by atoms with van der Waals surface area (Å²) in [7, 11) is 0. The molecule has 136 valence electrons. The number of hydrogen-bond donors (Lipinski definition) is 0. The first-order chi connectivity index (χ1) is 13.1. The molecule has 7 heteroatoms. The van der Waals surface area contributed by atoms with Crippen molar-refractivity contribution < 1.29 is 4.52 Å². The normalized spacial score (nSPS) is 11.3. The SMILES string of the molecule is Cc1ccccc1-c1nnn(Cc2nc(-c3ccc(C(C)C)cc3)no2)n1. The zero-order chi connectivity index (χ0) is 18.8. The van der Waals surface area contributed by atoms with E-state index in [9.17, 15) is 0 Å². The second-order valence-electron chi connectivity index (χ2n) is 6.75. The highest BCUT2D eigenvalue weighted by molar-refractivity contribution is 5.58. The highest BCUT2D eigenvalue weighted by atomic mass is 16.5. The van der Waals surface area contributed by atoms with Crippen molar-refractivity contribution in [2.45, 2.75) is 33.2 Å². The van der Waals surface area contributed by atoms with Crippen molar-refractivity contribution in [3.63, 3.8) is 0 Å². The number of aromatic nitrogens is 6. The molecule has 0 fully saturated rings. The Labute approximate surface area is 157 Å². The van der Waals surface area contributed by atoms with Gasteiger partial charge in [0.1, 0.15) is 6.54 Å². The number of rotatable bonds is 5. The van der Waals surface area contributed by atoms with Gasteiger partial charge in [0, 0.05) is 11.1 Å². The summed E-state index contributed by atoms with van der Waals surface area (Å²) in [5, 5.41) is 16.7. The standard InChI is InChI=1S/C20H20N6O/c1-13(2)15-8-10-16(11-9-15)19-21-18(27-24-19)12-26-23-20(22-25-26)17-7-5-4-6-14(17)3/h4-11,13H,12H2,1-3H3. The fourth-order valence-corrected chi connectivity index (χ4v) is 2.82. The molecule has 0 unspecified atom stereocenters. The Balaban J connectivity index is 1.51. The number of hydrogen-bond acceptors (Lipinski definition) is 6. The summed E-state index contributed by atoms with van der Waals surface area (Å²) in [6.07, 6.45) is 0. The minimum absolute atomic E-state index is 0.274. The fourth-order valence-electron chi connectivity index (χ4n) is 2.82. The van der Waals surface area contributed by atoms with Crippen LogP contribution in [-0.2, 0) is 6.54 Å². The molecule has 0 aliphatic carbocycles. The maximum Gasteiger partial charge on any atom is 0.250 e. The molecule has 2 aromatic heterocycles. The van der Waals surface area contributed by atoms with Crippen LogP contribution in [-0.4, -0.2) is 30.3 Å². The van der Waals surface area contributed by atoms with E-state index in [-0.39, 0.29) is 6.54 Å². The summed E-state index contributed by atoms with van der Waals surface area (Å²) in [5.41, 5.74) is 4.25. The van der Waals surface area contributed by atoms with Crippen LogP contribution in [0.4, 0.5) is 0 Å². The molecule has 4 rings (SSSR count). The van der Waals surface area contributed by atoms with Crippen molar-refractivity contribution in [1.29, 1.82) is 0 Å². The number of benzene rings is 2. The molecule has 0 N–H and O–H groups in total. The van der Waals surface area contributed by atoms with E-state index in [1.165, 1.54) is 10.4 Å². The summed E-state index contributed by atoms with van der Waals surface area (Å²) in [4.78, 5) is 5.90. The van der Waals surface area contributed by atoms with Crippen LogP contribution >= 0.6 is 0 Å². The van der Waals surface area contributed by atoms with E-state index in [0.29, 0.717) is 23.5 Å². The third-order valence-corrected chi connectivity index (χ3v) is 4.42. The van der Waals surface area contributed by atoms with Crippen LogP contribution in [0.25, 0.3) is 22.8 Å². The predicted octanol–water partition coefficient (Wildman–Crippen LogP) is 3.87. The monoisotopic (exact) mass is 360 g/mol. The average Bonchev–Trinajstić information content (AvgIpc) is 3.32. The molecule has 7 nitrogen and oxygen atoms in total. The Kier molecular flexibility index (Phi) is 4.50. The maximum absolute atomic E-state index is 5.35. The smallest absolute Gasteiger partial charge is 0.250 e. The van der Waals surface area contributed by atoms with Gasteiger partial charge in [0.15, 0.2) is 0 Å². The van der Waals surface area contributed by atoms with Crippen LogP contribution in [0.1, 0.15) is 36.8 Å². The molecule has 0 aliphatic rings. The molecule has 0 spiro atoms. The van der Waals surface area contributed by atoms with Crippen molar-refractivity contribution in [2.24, 2.45) is 0 Å². The Morgan fingerprint density at radius 2 is 1.78 bits per heavy atom. The molecular weight excluding hydrogens is 340 g/mol. The molecule has 0 saturated heterocycles. The topological polar surface area (TPSA) is 82.5 Å². The Morgan fingerprint density at radius 3 is 2.52 bits per heavy atom. The molecule has 0 aliphatic heterocycles. The molecule has 0 bridgehead atoms. The highest BCUT2D eigenvalue weighted by Gasteiger charge is 2.13. The van der Waals surface area contributed by atoms with Crippen molar-refractivity contribution >= 4 is 0 Å². The molecule has 27 heavy (non-hydrogen) atoms. The van der Waals surface area contributed by atoms with Gasteiger partial charge < -0.3 is 4.52 Å². The minimum atomic E-state index is 0.274. The van der Waals surface area contributed by atoms with Gasteiger partial charge in [-0.25, -0.2) is 0 Å². The molecular formula is C20H20N6O. The van der Waals surface area contributed by atoms with E-state index in [0.717, 1.165) is 16.7 Å². The molecule has 0 amide bonds. The molecule has 2 heterocycles. The largest absolute Gasteiger partial charge is 0.337 e. The lowest BCUT2D eigenvalue weighted by molar-refractivity contribution is 0.356. The Bertz CT molecular complexity index is 1050. The number of nitrogens with zero attached hydrogens (tertiary/aromatic N) is 6. The maximum atomic E-state index is 5.35. The van der Waals surface area contributed by atoms with E-state index < -0.39 is 0 Å². The second-order valence-corrected chi connectivity index (χ2v) is 6.75. The lowest BCUT2D eigenvalue weighted by Gasteiger charge is -2.04. The molecule has 2 aromatic carbocycles. The zero-order valence-corrected chi connectivity index (χ0v) is 15.5. The zero-order valence-electron chi connectivity index (χ0n) is 15.5. The first kappa shape index (κ1) is 17.1. The van der Waals surface area contributed by atoms with Crippen molar-refractivity contribution in [2.75, 3.05) is 0 Å². The summed E-state index contributed by atoms with van der Waals surface area (Å²) in [6, 6.07) is 16.1. The van der Waals surface area contributed by atoms with Gasteiger partial charge in [-0.2, -0.15) is 9.78 Å². The molecule has 4 aromatic rings. The van der Waals surface area contributed by atoms with Crippen LogP contribution in [0.5, 0.6) is 0 Å². The van der Waals surface area contributed by atoms with E-state index in [1.807, 2.05) is 43.3 Å². The quantitative estimate of drug-likeness (QED) is 0.537. The lowest BCUT2D eigenvalue weighted by atomic mass is 10.0. The van der Waals surface area contributed by atoms with Crippen LogP contribution in [0.2, 0.25) is 0 Å². The number of aryl methyl sites for hydroxylation is 1. The van der Waals surface area contributed by atoms with Gasteiger partial charge in [0.05, 0.1) is 0 Å². The first-order valence-electron chi connectivity index (χ1n) is 8.87. The van der Waals surface area contributed by atoms with Gasteiger partial charge in [-0.15, -0.1) is 10.2 Å². The van der Waals surface area contributed by atoms with Gasteiger partial charge in [0.2, 0.25) is 11.6 Å². The van der Waals surface area contributed by atoms with Crippen molar-refractivity contribution in [3.8, 4) is 22.8 Å². The Hall–Kier alpha value is -3.35. The van der Waals surface area contributed by atoms with Gasteiger partial charge in [-0.3, -0.25) is 0 Å². The van der Waals surface area contributed by atoms with Crippen molar-refractivity contribution in [1.82, 2.24) is 30.3 Å². The van der Waals surface area contributed by atoms with E-state index in [2.05, 4.69) is 51.5 Å². The summed E-state index contributed by atoms with van der Waals surface area (Å²) in [6.45, 7) is 6.62. The lowest BCUT2D eigenvalue weighted by Crippen LogP contribution is -2.04. The molecule has 0 saturated carbocycles. The number of tetrazole rings is 1. The van der Waals surface area contributed by atoms with Crippen molar-refractivity contribution in [3.05, 3.63) is 65.5 Å². The minimum Gasteiger partial charge on any atom is -0.337 e.